The van der Waals surface area contributed by atoms with Crippen LogP contribution in [-0.2, 0) is 0 Å². The van der Waals surface area contributed by atoms with Gasteiger partial charge in [0.2, 0.25) is 0 Å². The average molecular weight is 440 g/mol. The third-order valence-corrected chi connectivity index (χ3v) is 0. The van der Waals surface area contributed by atoms with E-state index < -0.39 is 0 Å². The van der Waals surface area contributed by atoms with Crippen LogP contribution in [0.25, 0.3) is 0 Å². The first kappa shape index (κ1) is 18.5. The standard InChI is InChI=1S/2BCl2I.Na/c2*2-1(3)4;. The van der Waals surface area contributed by atoms with Crippen molar-refractivity contribution in [2.75, 3.05) is 0 Å². The molecule has 0 rings (SSSR count). The van der Waals surface area contributed by atoms with Gasteiger partial charge < -0.3 is 0 Å². The normalized spacial score (nSPS) is 6.00. The average Bonchev–Trinajstić information content (AvgIpc) is 1.25. The van der Waals surface area contributed by atoms with Crippen molar-refractivity contribution >= 4 is 127 Å². The van der Waals surface area contributed by atoms with E-state index in [1.165, 1.54) is 0 Å². The van der Waals surface area contributed by atoms with Crippen molar-refractivity contribution in [3.05, 3.63) is 0 Å². The first-order valence-corrected chi connectivity index (χ1v) is 5.55. The second-order valence-electron chi connectivity index (χ2n) is 0.495. The fourth-order valence-electron chi connectivity index (χ4n) is 0. The molecule has 0 aromatic heterocycles. The summed E-state index contributed by atoms with van der Waals surface area (Å²) in [5.41, 5.74) is 0. The monoisotopic (exact) mass is 439 g/mol. The molecule has 0 saturated carbocycles. The van der Waals surface area contributed by atoms with Crippen LogP contribution in [0.1, 0.15) is 0 Å². The van der Waals surface area contributed by atoms with E-state index in [0.29, 0.717) is 0 Å². The molecule has 1 radical (unpaired) electrons. The topological polar surface area (TPSA) is 0 Å². The van der Waals surface area contributed by atoms with Crippen LogP contribution in [0.4, 0.5) is 0 Å². The molecular weight excluding hydrogens is 440 g/mol. The van der Waals surface area contributed by atoms with Gasteiger partial charge in [0, 0.05) is 29.6 Å². The maximum absolute atomic E-state index is 5.03. The van der Waals surface area contributed by atoms with Gasteiger partial charge in [-0.05, 0) is 0 Å². The van der Waals surface area contributed by atoms with Gasteiger partial charge in [-0.3, -0.25) is 0 Å². The second kappa shape index (κ2) is 14.3. The van der Waals surface area contributed by atoms with Gasteiger partial charge in [0.1, 0.15) is 0 Å². The molecule has 0 aliphatic carbocycles. The Morgan fingerprint density at radius 2 is 0.778 bits per heavy atom. The Balaban J connectivity index is -0.0000000720. The molecule has 9 heavy (non-hydrogen) atoms. The molecule has 9 heteroatoms. The summed E-state index contributed by atoms with van der Waals surface area (Å²) in [5.74, 6) is 0. The molecule has 0 nitrogen and oxygen atoms in total. The molecule has 0 saturated heterocycles. The zero-order valence-corrected chi connectivity index (χ0v) is 13.8. The Morgan fingerprint density at radius 1 is 0.778 bits per heavy atom. The molecule has 0 fully saturated rings. The summed E-state index contributed by atoms with van der Waals surface area (Å²) < 4.78 is -0.504. The van der Waals surface area contributed by atoms with Crippen molar-refractivity contribution in [2.24, 2.45) is 0 Å². The predicted molar refractivity (Wildman–Crippen MR) is 68.7 cm³/mol. The van der Waals surface area contributed by atoms with Crippen LogP contribution >= 0.6 is 90.6 Å². The van der Waals surface area contributed by atoms with Gasteiger partial charge >= 0.3 is 6.80 Å². The van der Waals surface area contributed by atoms with Crippen LogP contribution in [0.3, 0.4) is 0 Å². The Kier molecular flexibility index (Phi) is 29.4. The van der Waals surface area contributed by atoms with Gasteiger partial charge in [0.15, 0.2) is 0 Å². The van der Waals surface area contributed by atoms with Crippen molar-refractivity contribution in [3.63, 3.8) is 0 Å². The molecule has 49 valence electrons. The number of halogens is 6. The first-order valence-electron chi connectivity index (χ1n) is 1.31. The van der Waals surface area contributed by atoms with E-state index in [-0.39, 0.29) is 36.4 Å². The molecule has 0 aliphatic rings. The molecule has 0 spiro atoms. The van der Waals surface area contributed by atoms with Crippen LogP contribution in [0, 0.1) is 0 Å². The Bertz CT molecular complexity index is 32.0. The fourth-order valence-corrected chi connectivity index (χ4v) is 0. The van der Waals surface area contributed by atoms with Crippen molar-refractivity contribution in [3.8, 4) is 0 Å². The molecule has 0 heterocycles. The van der Waals surface area contributed by atoms with E-state index in [1.54, 1.807) is 0 Å². The largest absolute Gasteiger partial charge is 0.417 e. The van der Waals surface area contributed by atoms with E-state index >= 15 is 0 Å². The van der Waals surface area contributed by atoms with E-state index in [2.05, 4.69) is 0 Å². The third-order valence-electron chi connectivity index (χ3n) is 0. The SMILES string of the molecule is ClB(Cl)I.ClB(Cl)I.[Na]. The molecule has 0 N–H and O–H groups in total. The summed E-state index contributed by atoms with van der Waals surface area (Å²) in [7, 11) is 0. The van der Waals surface area contributed by atoms with Crippen molar-refractivity contribution in [2.45, 2.75) is 0 Å². The van der Waals surface area contributed by atoms with Gasteiger partial charge in [-0.25, -0.2) is 0 Å². The molecular formula is B2Cl4I2Na. The summed E-state index contributed by atoms with van der Waals surface area (Å²) in [6, 6.07) is 0. The van der Waals surface area contributed by atoms with E-state index in [0.717, 1.165) is 0 Å². The Morgan fingerprint density at radius 3 is 0.778 bits per heavy atom. The zero-order valence-electron chi connectivity index (χ0n) is 4.42. The van der Waals surface area contributed by atoms with E-state index in [1.807, 2.05) is 44.7 Å². The molecule has 0 aliphatic heterocycles. The molecule has 0 amide bonds. The van der Waals surface area contributed by atoms with Gasteiger partial charge in [0.05, 0.1) is 0 Å². The maximum atomic E-state index is 5.03. The maximum Gasteiger partial charge on any atom is 0.417 e. The minimum atomic E-state index is -0.252. The zero-order chi connectivity index (χ0) is 7.15. The fraction of sp³-hybridized carbons (Fsp3) is 0. The predicted octanol–water partition coefficient (Wildman–Crippen LogP) is 3.39. The third kappa shape index (κ3) is 79.4. The molecule has 0 bridgehead atoms. The van der Waals surface area contributed by atoms with Crippen LogP contribution < -0.4 is 0 Å². The summed E-state index contributed by atoms with van der Waals surface area (Å²) in [6.45, 7) is 0. The quantitative estimate of drug-likeness (QED) is 0.401. The minimum absolute atomic E-state index is 0. The Hall–Kier alpha value is 3.75. The first-order chi connectivity index (χ1) is 3.46. The van der Waals surface area contributed by atoms with Crippen LogP contribution in [0.5, 0.6) is 0 Å². The summed E-state index contributed by atoms with van der Waals surface area (Å²) in [4.78, 5) is 0. The van der Waals surface area contributed by atoms with Gasteiger partial charge in [-0.2, -0.15) is 45.8 Å². The van der Waals surface area contributed by atoms with Gasteiger partial charge in [0.25, 0.3) is 0 Å². The van der Waals surface area contributed by atoms with Crippen molar-refractivity contribution < 1.29 is 0 Å². The summed E-state index contributed by atoms with van der Waals surface area (Å²) in [5, 5.41) is 0. The molecule has 0 unspecified atom stereocenters. The second-order valence-corrected chi connectivity index (χ2v) is 8.12. The smallest absolute Gasteiger partial charge is 0.156 e. The van der Waals surface area contributed by atoms with Crippen LogP contribution in [-0.4, -0.2) is 36.4 Å². The van der Waals surface area contributed by atoms with Gasteiger partial charge in [-0.1, -0.05) is 0 Å². The van der Waals surface area contributed by atoms with Gasteiger partial charge in [-0.15, -0.1) is 44.7 Å². The van der Waals surface area contributed by atoms with E-state index in [9.17, 15) is 0 Å². The Labute approximate surface area is 124 Å². The summed E-state index contributed by atoms with van der Waals surface area (Å²) in [6.07, 6.45) is 0. The van der Waals surface area contributed by atoms with Crippen molar-refractivity contribution in [1.29, 1.82) is 0 Å². The number of hydrogen-bond donors (Lipinski definition) is 0. The van der Waals surface area contributed by atoms with Crippen LogP contribution in [0.15, 0.2) is 0 Å². The minimum Gasteiger partial charge on any atom is -0.156 e. The molecule has 0 aromatic rings. The summed E-state index contributed by atoms with van der Waals surface area (Å²) >= 11 is 23.9. The van der Waals surface area contributed by atoms with E-state index in [4.69, 9.17) is 45.8 Å². The molecule has 0 aromatic carbocycles. The number of hydrogen-bond acceptors (Lipinski definition) is 0. The molecule has 0 atom stereocenters. The van der Waals surface area contributed by atoms with Crippen molar-refractivity contribution in [1.82, 2.24) is 0 Å². The number of rotatable bonds is 0. The van der Waals surface area contributed by atoms with Crippen LogP contribution in [0.2, 0.25) is 0 Å².